The van der Waals surface area contributed by atoms with Crippen molar-refractivity contribution in [3.8, 4) is 11.8 Å². The average Bonchev–Trinajstić information content (AvgIpc) is 3.73. The van der Waals surface area contributed by atoms with Crippen molar-refractivity contribution in [3.63, 3.8) is 0 Å². The number of hydrogen-bond donors (Lipinski definition) is 1. The van der Waals surface area contributed by atoms with Crippen molar-refractivity contribution in [2.24, 2.45) is 5.92 Å². The van der Waals surface area contributed by atoms with Crippen molar-refractivity contribution in [3.05, 3.63) is 82.1 Å². The molecule has 3 aromatic rings. The highest BCUT2D eigenvalue weighted by Gasteiger charge is 2.32. The largest absolute Gasteiger partial charge is 0.487 e. The van der Waals surface area contributed by atoms with Crippen LogP contribution in [-0.2, 0) is 12.0 Å². The maximum absolute atomic E-state index is 9.36. The van der Waals surface area contributed by atoms with Crippen molar-refractivity contribution in [1.82, 2.24) is 25.1 Å². The van der Waals surface area contributed by atoms with Gasteiger partial charge in [0.1, 0.15) is 12.4 Å². The summed E-state index contributed by atoms with van der Waals surface area (Å²) in [6, 6.07) is 18.4. The maximum Gasteiger partial charge on any atom is 0.225 e. The molecule has 2 aromatic carbocycles. The minimum absolute atomic E-state index is 0.315. The quantitative estimate of drug-likeness (QED) is 0.379. The molecule has 2 atom stereocenters. The zero-order valence-electron chi connectivity index (χ0n) is 25.3. The van der Waals surface area contributed by atoms with Crippen LogP contribution < -0.4 is 15.0 Å². The monoisotopic (exact) mass is 599 g/mol. The van der Waals surface area contributed by atoms with Gasteiger partial charge in [0.25, 0.3) is 0 Å². The molecule has 6 rings (SSSR count). The Labute approximate surface area is 260 Å². The molecule has 3 saturated heterocycles. The van der Waals surface area contributed by atoms with Crippen LogP contribution in [0.1, 0.15) is 49.1 Å². The summed E-state index contributed by atoms with van der Waals surface area (Å²) in [6.07, 6.45) is 4.45. The Morgan fingerprint density at radius 2 is 1.84 bits per heavy atom. The number of likely N-dealkylation sites (tertiary alicyclic amines) is 1. The number of benzene rings is 2. The van der Waals surface area contributed by atoms with Crippen LogP contribution in [0.5, 0.6) is 5.75 Å². The zero-order valence-corrected chi connectivity index (χ0v) is 26.1. The first-order chi connectivity index (χ1) is 20.9. The van der Waals surface area contributed by atoms with Crippen molar-refractivity contribution >= 4 is 17.5 Å². The first kappa shape index (κ1) is 29.8. The smallest absolute Gasteiger partial charge is 0.225 e. The summed E-state index contributed by atoms with van der Waals surface area (Å²) in [5.41, 5.74) is 3.24. The Kier molecular flexibility index (Phi) is 9.15. The van der Waals surface area contributed by atoms with E-state index in [0.717, 1.165) is 60.6 Å². The van der Waals surface area contributed by atoms with E-state index in [1.165, 1.54) is 45.6 Å². The molecule has 3 aliphatic heterocycles. The van der Waals surface area contributed by atoms with E-state index in [4.69, 9.17) is 21.3 Å². The minimum Gasteiger partial charge on any atom is -0.487 e. The van der Waals surface area contributed by atoms with Gasteiger partial charge in [0.15, 0.2) is 0 Å². The van der Waals surface area contributed by atoms with E-state index in [9.17, 15) is 5.26 Å². The Bertz CT molecular complexity index is 1430. The Balaban J connectivity index is 1.00. The molecule has 0 amide bonds. The second-order valence-electron chi connectivity index (χ2n) is 12.7. The van der Waals surface area contributed by atoms with Gasteiger partial charge in [-0.2, -0.15) is 5.26 Å². The van der Waals surface area contributed by atoms with Crippen molar-refractivity contribution in [1.29, 1.82) is 5.26 Å². The molecule has 1 N–H and O–H groups in total. The molecule has 1 aromatic heterocycles. The molecule has 0 bridgehead atoms. The highest BCUT2D eigenvalue weighted by atomic mass is 35.5. The summed E-state index contributed by atoms with van der Waals surface area (Å²) in [4.78, 5) is 17.1. The molecule has 8 nitrogen and oxygen atoms in total. The fraction of sp³-hybridized carbons (Fsp3) is 0.500. The van der Waals surface area contributed by atoms with E-state index in [-0.39, 0.29) is 5.41 Å². The van der Waals surface area contributed by atoms with Crippen LogP contribution in [0.3, 0.4) is 0 Å². The van der Waals surface area contributed by atoms with Gasteiger partial charge in [-0.1, -0.05) is 37.6 Å². The van der Waals surface area contributed by atoms with Crippen LogP contribution in [0.25, 0.3) is 0 Å². The number of nitrogens with zero attached hydrogens (tertiary/aromatic N) is 6. The third-order valence-electron chi connectivity index (χ3n) is 9.45. The molecular formula is C34H42ClN7O. The number of hydrogen-bond acceptors (Lipinski definition) is 8. The van der Waals surface area contributed by atoms with Gasteiger partial charge in [0, 0.05) is 61.9 Å². The molecule has 0 saturated carbocycles. The number of nitriles is 1. The number of aromatic nitrogens is 2. The predicted octanol–water partition coefficient (Wildman–Crippen LogP) is 4.71. The second-order valence-corrected chi connectivity index (χ2v) is 13.1. The van der Waals surface area contributed by atoms with Gasteiger partial charge in [-0.3, -0.25) is 4.90 Å². The lowest BCUT2D eigenvalue weighted by molar-refractivity contribution is 0.177. The highest BCUT2D eigenvalue weighted by molar-refractivity contribution is 6.30. The van der Waals surface area contributed by atoms with E-state index in [0.29, 0.717) is 23.2 Å². The fourth-order valence-electron chi connectivity index (χ4n) is 6.72. The molecule has 226 valence electrons. The Hall–Kier alpha value is -3.22. The Morgan fingerprint density at radius 1 is 1.02 bits per heavy atom. The van der Waals surface area contributed by atoms with Gasteiger partial charge in [-0.15, -0.1) is 0 Å². The molecule has 9 heteroatoms. The number of rotatable bonds is 9. The average molecular weight is 600 g/mol. The lowest BCUT2D eigenvalue weighted by atomic mass is 9.78. The molecule has 0 aliphatic carbocycles. The van der Waals surface area contributed by atoms with E-state index >= 15 is 0 Å². The molecule has 0 radical (unpaired) electrons. The second kappa shape index (κ2) is 13.2. The van der Waals surface area contributed by atoms with Crippen LogP contribution >= 0.6 is 11.6 Å². The SMILES string of the molecule is CC(C)(c1ccc(OCc2ccnc(N3CCN(C4CCN(CC5CCNC5)C4)CC3)n2)cc1)c1cc(Cl)cc(C#N)c1. The third kappa shape index (κ3) is 7.13. The van der Waals surface area contributed by atoms with Crippen molar-refractivity contribution in [2.75, 3.05) is 63.8 Å². The lowest BCUT2D eigenvalue weighted by Crippen LogP contribution is -2.51. The molecule has 4 heterocycles. The van der Waals surface area contributed by atoms with Crippen LogP contribution in [0.2, 0.25) is 5.02 Å². The Morgan fingerprint density at radius 3 is 2.58 bits per heavy atom. The number of anilines is 1. The molecule has 3 fully saturated rings. The summed E-state index contributed by atoms with van der Waals surface area (Å²) in [5.74, 6) is 2.40. The number of ether oxygens (including phenoxy) is 1. The van der Waals surface area contributed by atoms with E-state index in [1.54, 1.807) is 6.07 Å². The van der Waals surface area contributed by atoms with Crippen molar-refractivity contribution < 1.29 is 4.74 Å². The summed E-state index contributed by atoms with van der Waals surface area (Å²) in [5, 5.41) is 13.4. The van der Waals surface area contributed by atoms with Crippen LogP contribution in [0, 0.1) is 17.2 Å². The van der Waals surface area contributed by atoms with E-state index in [2.05, 4.69) is 57.0 Å². The standard InChI is InChI=1S/C34H42ClN7O/c1-34(2,28-17-26(20-36)18-29(35)19-28)27-3-5-32(6-4-27)43-24-30-8-11-38-33(39-30)42-15-13-41(14-16-42)31-9-12-40(23-31)22-25-7-10-37-21-25/h3-6,8,11,17-19,25,31,37H,7,9-10,12-16,21-24H2,1-2H3. The van der Waals surface area contributed by atoms with Crippen molar-refractivity contribution in [2.45, 2.75) is 44.8 Å². The zero-order chi connectivity index (χ0) is 29.8. The predicted molar refractivity (Wildman–Crippen MR) is 171 cm³/mol. The van der Waals surface area contributed by atoms with Gasteiger partial charge in [0.2, 0.25) is 5.95 Å². The first-order valence-electron chi connectivity index (χ1n) is 15.6. The van der Waals surface area contributed by atoms with Crippen LogP contribution in [0.4, 0.5) is 5.95 Å². The molecule has 0 spiro atoms. The van der Waals surface area contributed by atoms with Gasteiger partial charge in [-0.25, -0.2) is 9.97 Å². The molecular weight excluding hydrogens is 558 g/mol. The highest BCUT2D eigenvalue weighted by Crippen LogP contribution is 2.34. The summed E-state index contributed by atoms with van der Waals surface area (Å²) in [7, 11) is 0. The lowest BCUT2D eigenvalue weighted by Gasteiger charge is -2.38. The minimum atomic E-state index is -0.315. The number of halogens is 1. The van der Waals surface area contributed by atoms with Gasteiger partial charge in [0.05, 0.1) is 17.3 Å². The number of piperazine rings is 1. The maximum atomic E-state index is 9.36. The van der Waals surface area contributed by atoms with Crippen LogP contribution in [-0.4, -0.2) is 84.7 Å². The topological polar surface area (TPSA) is 80.6 Å². The fourth-order valence-corrected chi connectivity index (χ4v) is 6.96. The molecule has 3 aliphatic rings. The van der Waals surface area contributed by atoms with E-state index in [1.807, 2.05) is 36.5 Å². The van der Waals surface area contributed by atoms with Gasteiger partial charge < -0.3 is 19.9 Å². The van der Waals surface area contributed by atoms with Crippen LogP contribution in [0.15, 0.2) is 54.7 Å². The molecule has 2 unspecified atom stereocenters. The van der Waals surface area contributed by atoms with E-state index < -0.39 is 0 Å². The normalized spacial score (nSPS) is 21.7. The summed E-state index contributed by atoms with van der Waals surface area (Å²) < 4.78 is 6.12. The first-order valence-corrected chi connectivity index (χ1v) is 15.9. The number of nitrogens with one attached hydrogen (secondary N) is 1. The molecule has 43 heavy (non-hydrogen) atoms. The summed E-state index contributed by atoms with van der Waals surface area (Å²) >= 11 is 6.28. The van der Waals surface area contributed by atoms with Gasteiger partial charge in [-0.05, 0) is 85.9 Å². The third-order valence-corrected chi connectivity index (χ3v) is 9.67. The summed E-state index contributed by atoms with van der Waals surface area (Å²) in [6.45, 7) is 14.7. The van der Waals surface area contributed by atoms with Gasteiger partial charge >= 0.3 is 0 Å².